The molecule has 2 heterocycles. The van der Waals surface area contributed by atoms with Crippen LogP contribution in [-0.2, 0) is 19.6 Å². The van der Waals surface area contributed by atoms with Crippen LogP contribution in [0, 0.1) is 10.1 Å². The molecule has 0 aliphatic carbocycles. The number of nitro groups is 1. The molecule has 0 saturated carbocycles. The van der Waals surface area contributed by atoms with E-state index in [1.54, 1.807) is 23.3 Å². The maximum Gasteiger partial charge on any atom is 0.269 e. The highest BCUT2D eigenvalue weighted by atomic mass is 32.1. The number of carbonyl (C=O) groups is 1. The Hall–Kier alpha value is -4.76. The Morgan fingerprint density at radius 2 is 1.72 bits per heavy atom. The molecule has 9 heteroatoms. The average molecular weight is 539 g/mol. The molecule has 0 radical (unpaired) electrons. The van der Waals surface area contributed by atoms with Crippen molar-refractivity contribution in [2.75, 3.05) is 7.11 Å². The number of rotatable bonds is 10. The predicted octanol–water partition coefficient (Wildman–Crippen LogP) is 6.42. The van der Waals surface area contributed by atoms with Gasteiger partial charge >= 0.3 is 0 Å². The number of non-ortho nitro benzene ring substituents is 1. The minimum absolute atomic E-state index is 0.0488. The zero-order valence-electron chi connectivity index (χ0n) is 21.3. The highest BCUT2D eigenvalue weighted by Gasteiger charge is 2.20. The summed E-state index contributed by atoms with van der Waals surface area (Å²) in [6.45, 7) is 1.34. The van der Waals surface area contributed by atoms with Gasteiger partial charge in [-0.3, -0.25) is 14.9 Å². The van der Waals surface area contributed by atoms with E-state index in [1.807, 2.05) is 78.3 Å². The first kappa shape index (κ1) is 25.9. The zero-order chi connectivity index (χ0) is 27.2. The number of aromatic nitrogens is 2. The molecule has 39 heavy (non-hydrogen) atoms. The SMILES string of the molecule is COc1ccc(-c2nc(Cn3cccc3CN(Cc3ccccc3)C(=O)c3ccc([N+](=O)[O-])cc3)cs2)cc1. The van der Waals surface area contributed by atoms with Gasteiger partial charge < -0.3 is 14.2 Å². The van der Waals surface area contributed by atoms with Crippen molar-refractivity contribution in [2.45, 2.75) is 19.6 Å². The Bertz CT molecular complexity index is 1560. The van der Waals surface area contributed by atoms with Crippen LogP contribution in [-0.4, -0.2) is 32.4 Å². The van der Waals surface area contributed by atoms with Crippen molar-refractivity contribution in [3.63, 3.8) is 0 Å². The van der Waals surface area contributed by atoms with Crippen LogP contribution in [0.25, 0.3) is 10.6 Å². The number of nitro benzene ring substituents is 1. The van der Waals surface area contributed by atoms with Gasteiger partial charge in [-0.15, -0.1) is 11.3 Å². The first-order valence-electron chi connectivity index (χ1n) is 12.3. The van der Waals surface area contributed by atoms with E-state index in [-0.39, 0.29) is 11.6 Å². The lowest BCUT2D eigenvalue weighted by Gasteiger charge is -2.24. The van der Waals surface area contributed by atoms with E-state index in [0.29, 0.717) is 25.2 Å². The molecule has 196 valence electrons. The third kappa shape index (κ3) is 6.22. The molecule has 8 nitrogen and oxygen atoms in total. The van der Waals surface area contributed by atoms with Crippen LogP contribution < -0.4 is 4.74 Å². The van der Waals surface area contributed by atoms with Gasteiger partial charge in [-0.05, 0) is 54.1 Å². The average Bonchev–Trinajstić information content (AvgIpc) is 3.62. The third-order valence-electron chi connectivity index (χ3n) is 6.33. The van der Waals surface area contributed by atoms with Gasteiger partial charge in [-0.25, -0.2) is 4.98 Å². The monoisotopic (exact) mass is 538 g/mol. The lowest BCUT2D eigenvalue weighted by atomic mass is 10.1. The van der Waals surface area contributed by atoms with Crippen molar-refractivity contribution in [2.24, 2.45) is 0 Å². The van der Waals surface area contributed by atoms with Crippen molar-refractivity contribution in [3.05, 3.63) is 135 Å². The second-order valence-electron chi connectivity index (χ2n) is 8.95. The molecule has 5 rings (SSSR count). The summed E-state index contributed by atoms with van der Waals surface area (Å²) >= 11 is 1.59. The summed E-state index contributed by atoms with van der Waals surface area (Å²) in [6, 6.07) is 27.3. The molecule has 0 N–H and O–H groups in total. The predicted molar refractivity (Wildman–Crippen MR) is 151 cm³/mol. The van der Waals surface area contributed by atoms with Crippen molar-refractivity contribution < 1.29 is 14.5 Å². The van der Waals surface area contributed by atoms with Gasteiger partial charge in [0.25, 0.3) is 11.6 Å². The standard InChI is InChI=1S/C30H26N4O4S/c1-38-28-15-11-23(12-16-28)29-31-25(21-39-29)19-32-17-5-8-27(32)20-33(18-22-6-3-2-4-7-22)30(35)24-9-13-26(14-10-24)34(36)37/h2-17,21H,18-20H2,1H3. The molecule has 0 aliphatic rings. The van der Waals surface area contributed by atoms with Gasteiger partial charge in [0.15, 0.2) is 0 Å². The molecule has 0 unspecified atom stereocenters. The van der Waals surface area contributed by atoms with Gasteiger partial charge in [0, 0.05) is 47.1 Å². The van der Waals surface area contributed by atoms with Crippen LogP contribution in [0.4, 0.5) is 5.69 Å². The Morgan fingerprint density at radius 3 is 2.41 bits per heavy atom. The molecular weight excluding hydrogens is 512 g/mol. The molecule has 0 bridgehead atoms. The lowest BCUT2D eigenvalue weighted by Crippen LogP contribution is -2.31. The van der Waals surface area contributed by atoms with Crippen molar-refractivity contribution >= 4 is 22.9 Å². The Morgan fingerprint density at radius 1 is 0.974 bits per heavy atom. The highest BCUT2D eigenvalue weighted by Crippen LogP contribution is 2.26. The van der Waals surface area contributed by atoms with E-state index in [4.69, 9.17) is 9.72 Å². The fraction of sp³-hybridized carbons (Fsp3) is 0.133. The number of ether oxygens (including phenoxy) is 1. The van der Waals surface area contributed by atoms with Crippen molar-refractivity contribution in [3.8, 4) is 16.3 Å². The second kappa shape index (κ2) is 11.7. The summed E-state index contributed by atoms with van der Waals surface area (Å²) < 4.78 is 7.34. The molecule has 5 aromatic rings. The molecule has 3 aromatic carbocycles. The van der Waals surface area contributed by atoms with Crippen molar-refractivity contribution in [1.82, 2.24) is 14.5 Å². The van der Waals surface area contributed by atoms with Gasteiger partial charge in [0.2, 0.25) is 0 Å². The van der Waals surface area contributed by atoms with Crippen LogP contribution >= 0.6 is 11.3 Å². The fourth-order valence-electron chi connectivity index (χ4n) is 4.27. The number of carbonyl (C=O) groups excluding carboxylic acids is 1. The Balaban J connectivity index is 1.36. The second-order valence-corrected chi connectivity index (χ2v) is 9.81. The molecule has 0 fully saturated rings. The van der Waals surface area contributed by atoms with E-state index >= 15 is 0 Å². The third-order valence-corrected chi connectivity index (χ3v) is 7.27. The number of benzene rings is 3. The van der Waals surface area contributed by atoms with E-state index in [1.165, 1.54) is 24.3 Å². The van der Waals surface area contributed by atoms with E-state index in [2.05, 4.69) is 4.57 Å². The fourth-order valence-corrected chi connectivity index (χ4v) is 5.09. The summed E-state index contributed by atoms with van der Waals surface area (Å²) in [6.07, 6.45) is 1.98. The minimum atomic E-state index is -0.471. The number of thiazole rings is 1. The smallest absolute Gasteiger partial charge is 0.269 e. The summed E-state index contributed by atoms with van der Waals surface area (Å²) in [5.41, 5.74) is 4.27. The van der Waals surface area contributed by atoms with E-state index < -0.39 is 4.92 Å². The Kier molecular flexibility index (Phi) is 7.79. The molecule has 0 aliphatic heterocycles. The van der Waals surface area contributed by atoms with Crippen LogP contribution in [0.3, 0.4) is 0 Å². The highest BCUT2D eigenvalue weighted by molar-refractivity contribution is 7.13. The van der Waals surface area contributed by atoms with Gasteiger partial charge in [-0.1, -0.05) is 30.3 Å². The summed E-state index contributed by atoms with van der Waals surface area (Å²) in [5.74, 6) is 0.604. The number of hydrogen-bond donors (Lipinski definition) is 0. The molecule has 0 saturated heterocycles. The van der Waals surface area contributed by atoms with Gasteiger partial charge in [-0.2, -0.15) is 0 Å². The van der Waals surface area contributed by atoms with Crippen LogP contribution in [0.1, 0.15) is 27.3 Å². The lowest BCUT2D eigenvalue weighted by molar-refractivity contribution is -0.384. The van der Waals surface area contributed by atoms with Gasteiger partial charge in [0.05, 0.1) is 30.8 Å². The molecular formula is C30H26N4O4S. The van der Waals surface area contributed by atoms with Gasteiger partial charge in [0.1, 0.15) is 10.8 Å². The topological polar surface area (TPSA) is 90.5 Å². The first-order chi connectivity index (χ1) is 19.0. The Labute approximate surface area is 229 Å². The normalized spacial score (nSPS) is 10.8. The maximum atomic E-state index is 13.6. The number of hydrogen-bond acceptors (Lipinski definition) is 6. The molecule has 1 amide bonds. The summed E-state index contributed by atoms with van der Waals surface area (Å²) in [4.78, 5) is 30.7. The summed E-state index contributed by atoms with van der Waals surface area (Å²) in [7, 11) is 1.64. The minimum Gasteiger partial charge on any atom is -0.497 e. The number of nitrogens with zero attached hydrogens (tertiary/aromatic N) is 4. The zero-order valence-corrected chi connectivity index (χ0v) is 22.1. The van der Waals surface area contributed by atoms with E-state index in [0.717, 1.165) is 33.3 Å². The van der Waals surface area contributed by atoms with Crippen LogP contribution in [0.5, 0.6) is 5.75 Å². The molecule has 0 atom stereocenters. The largest absolute Gasteiger partial charge is 0.497 e. The quantitative estimate of drug-likeness (QED) is 0.151. The first-order valence-corrected chi connectivity index (χ1v) is 13.2. The van der Waals surface area contributed by atoms with Crippen LogP contribution in [0.2, 0.25) is 0 Å². The van der Waals surface area contributed by atoms with E-state index in [9.17, 15) is 14.9 Å². The number of methoxy groups -OCH3 is 1. The van der Waals surface area contributed by atoms with Crippen molar-refractivity contribution in [1.29, 1.82) is 0 Å². The maximum absolute atomic E-state index is 13.6. The summed E-state index contributed by atoms with van der Waals surface area (Å²) in [5, 5.41) is 14.0. The molecule has 0 spiro atoms. The number of amides is 1. The molecule has 2 aromatic heterocycles. The van der Waals surface area contributed by atoms with Crippen LogP contribution in [0.15, 0.2) is 103 Å².